The highest BCUT2D eigenvalue weighted by molar-refractivity contribution is 9.28. The number of hydrogen-bond donors (Lipinski definition) is 1. The van der Waals surface area contributed by atoms with Gasteiger partial charge in [0.25, 0.3) is 5.91 Å². The van der Waals surface area contributed by atoms with E-state index in [0.717, 1.165) is 19.0 Å². The molecule has 29 heavy (non-hydrogen) atoms. The van der Waals surface area contributed by atoms with Gasteiger partial charge in [-0.1, -0.05) is 29.4 Å². The van der Waals surface area contributed by atoms with Crippen molar-refractivity contribution < 1.29 is 19.1 Å². The molecule has 0 atom stereocenters. The summed E-state index contributed by atoms with van der Waals surface area (Å²) in [6, 6.07) is 11.1. The quantitative estimate of drug-likeness (QED) is 0.338. The fraction of sp³-hybridized carbons (Fsp3) is 0.200. The number of likely N-dealkylation sites (N-methyl/N-ethyl adjacent to an activating group) is 1. The molecule has 0 fully saturated rings. The molecule has 0 aliphatic carbocycles. The van der Waals surface area contributed by atoms with Gasteiger partial charge in [-0.15, -0.1) is 0 Å². The van der Waals surface area contributed by atoms with Gasteiger partial charge in [0.1, 0.15) is 13.7 Å². The molecule has 9 heteroatoms. The second-order valence-corrected chi connectivity index (χ2v) is 9.15. The number of halogens is 3. The molecule has 0 aromatic heterocycles. The minimum atomic E-state index is -0.354. The van der Waals surface area contributed by atoms with Crippen molar-refractivity contribution in [3.05, 3.63) is 61.0 Å². The van der Waals surface area contributed by atoms with Crippen LogP contribution in [0, 0.1) is 0 Å². The van der Waals surface area contributed by atoms with E-state index in [1.54, 1.807) is 13.2 Å². The van der Waals surface area contributed by atoms with E-state index in [1.807, 2.05) is 36.4 Å². The second kappa shape index (κ2) is 11.4. The number of carbonyl (C=O) groups is 1. The van der Waals surface area contributed by atoms with Crippen LogP contribution in [-0.2, 0) is 16.2 Å². The standard InChI is InChI=1S/C20H19Br3N2O4/c1-24-20(26)18(25-28-3)14-7-5-4-6-13(14)11-29-19-15(27-2)9-8-12(17(19)23)10-16(21)22/h4-10H,11H2,1-3H3,(H,24,26)/b25-18-. The first-order valence-corrected chi connectivity index (χ1v) is 10.7. The van der Waals surface area contributed by atoms with Crippen molar-refractivity contribution in [1.29, 1.82) is 0 Å². The molecule has 2 aromatic carbocycles. The molecular formula is C20H19Br3N2O4. The second-order valence-electron chi connectivity index (χ2n) is 5.58. The van der Waals surface area contributed by atoms with Crippen molar-refractivity contribution in [2.45, 2.75) is 6.61 Å². The summed E-state index contributed by atoms with van der Waals surface area (Å²) >= 11 is 10.3. The van der Waals surface area contributed by atoms with Gasteiger partial charge >= 0.3 is 0 Å². The van der Waals surface area contributed by atoms with Crippen LogP contribution in [0.15, 0.2) is 49.4 Å². The maximum absolute atomic E-state index is 12.2. The number of rotatable bonds is 8. The maximum atomic E-state index is 12.2. The van der Waals surface area contributed by atoms with Crippen LogP contribution >= 0.6 is 47.8 Å². The largest absolute Gasteiger partial charge is 0.493 e. The van der Waals surface area contributed by atoms with Crippen LogP contribution in [0.1, 0.15) is 16.7 Å². The van der Waals surface area contributed by atoms with Crippen LogP contribution in [0.4, 0.5) is 0 Å². The van der Waals surface area contributed by atoms with Gasteiger partial charge in [-0.3, -0.25) is 4.79 Å². The maximum Gasteiger partial charge on any atom is 0.273 e. The van der Waals surface area contributed by atoms with Crippen molar-refractivity contribution in [3.8, 4) is 11.5 Å². The topological polar surface area (TPSA) is 69.2 Å². The Bertz CT molecular complexity index is 941. The fourth-order valence-electron chi connectivity index (χ4n) is 2.53. The van der Waals surface area contributed by atoms with E-state index in [4.69, 9.17) is 14.3 Å². The van der Waals surface area contributed by atoms with Gasteiger partial charge in [-0.25, -0.2) is 0 Å². The first kappa shape index (κ1) is 23.4. The predicted molar refractivity (Wildman–Crippen MR) is 125 cm³/mol. The molecule has 1 N–H and O–H groups in total. The molecule has 0 aliphatic rings. The summed E-state index contributed by atoms with van der Waals surface area (Å²) in [5.41, 5.74) is 2.44. The van der Waals surface area contributed by atoms with Crippen molar-refractivity contribution in [1.82, 2.24) is 5.32 Å². The van der Waals surface area contributed by atoms with E-state index in [0.29, 0.717) is 17.1 Å². The van der Waals surface area contributed by atoms with Crippen molar-refractivity contribution in [3.63, 3.8) is 0 Å². The lowest BCUT2D eigenvalue weighted by molar-refractivity contribution is -0.114. The molecule has 0 bridgehead atoms. The zero-order valence-electron chi connectivity index (χ0n) is 16.0. The van der Waals surface area contributed by atoms with Crippen molar-refractivity contribution in [2.24, 2.45) is 5.16 Å². The molecule has 0 radical (unpaired) electrons. The van der Waals surface area contributed by atoms with E-state index in [9.17, 15) is 4.79 Å². The predicted octanol–water partition coefficient (Wildman–Crippen LogP) is 5.22. The minimum absolute atomic E-state index is 0.167. The fourth-order valence-corrected chi connectivity index (χ4v) is 3.58. The van der Waals surface area contributed by atoms with Crippen LogP contribution < -0.4 is 14.8 Å². The highest BCUT2D eigenvalue weighted by atomic mass is 79.9. The summed E-state index contributed by atoms with van der Waals surface area (Å²) in [6.45, 7) is 0.188. The number of amides is 1. The van der Waals surface area contributed by atoms with Gasteiger partial charge in [-0.2, -0.15) is 0 Å². The molecule has 0 saturated heterocycles. The number of nitrogens with one attached hydrogen (secondary N) is 1. The van der Waals surface area contributed by atoms with Crippen LogP contribution in [-0.4, -0.2) is 32.9 Å². The SMILES string of the molecule is CNC(=O)/C(=N\OC)c1ccccc1COc1c(OC)ccc(C=C(Br)Br)c1Br. The third-order valence-electron chi connectivity index (χ3n) is 3.84. The van der Waals surface area contributed by atoms with E-state index in [1.165, 1.54) is 14.2 Å². The Hall–Kier alpha value is -1.84. The van der Waals surface area contributed by atoms with Crippen LogP contribution in [0.2, 0.25) is 0 Å². The van der Waals surface area contributed by atoms with Crippen LogP contribution in [0.3, 0.4) is 0 Å². The summed E-state index contributed by atoms with van der Waals surface area (Å²) in [7, 11) is 4.51. The molecule has 154 valence electrons. The van der Waals surface area contributed by atoms with Gasteiger partial charge in [0, 0.05) is 12.6 Å². The Morgan fingerprint density at radius 1 is 1.17 bits per heavy atom. The number of benzene rings is 2. The molecule has 2 rings (SSSR count). The minimum Gasteiger partial charge on any atom is -0.493 e. The molecule has 0 heterocycles. The first-order chi connectivity index (χ1) is 13.9. The normalized spacial score (nSPS) is 10.9. The molecule has 0 aliphatic heterocycles. The van der Waals surface area contributed by atoms with Gasteiger partial charge in [0.05, 0.1) is 15.0 Å². The lowest BCUT2D eigenvalue weighted by atomic mass is 10.0. The highest BCUT2D eigenvalue weighted by Gasteiger charge is 2.19. The number of oxime groups is 1. The highest BCUT2D eigenvalue weighted by Crippen LogP contribution is 2.40. The Balaban J connectivity index is 2.42. The van der Waals surface area contributed by atoms with Gasteiger partial charge in [-0.05, 0) is 77.1 Å². The molecule has 2 aromatic rings. The summed E-state index contributed by atoms with van der Waals surface area (Å²) in [6.07, 6.45) is 1.89. The molecule has 0 saturated carbocycles. The molecule has 1 amide bonds. The molecule has 6 nitrogen and oxygen atoms in total. The Kier molecular flexibility index (Phi) is 9.19. The third-order valence-corrected chi connectivity index (χ3v) is 5.12. The van der Waals surface area contributed by atoms with Crippen molar-refractivity contribution >= 4 is 65.5 Å². The lowest BCUT2D eigenvalue weighted by Gasteiger charge is -2.16. The van der Waals surface area contributed by atoms with E-state index < -0.39 is 0 Å². The lowest BCUT2D eigenvalue weighted by Crippen LogP contribution is -2.29. The summed E-state index contributed by atoms with van der Waals surface area (Å²) in [5, 5.41) is 6.44. The first-order valence-electron chi connectivity index (χ1n) is 8.36. The van der Waals surface area contributed by atoms with Gasteiger partial charge in [0.15, 0.2) is 17.2 Å². The number of nitrogens with zero attached hydrogens (tertiary/aromatic N) is 1. The average Bonchev–Trinajstić information content (AvgIpc) is 2.72. The summed E-state index contributed by atoms with van der Waals surface area (Å²) in [4.78, 5) is 17.1. The summed E-state index contributed by atoms with van der Waals surface area (Å²) in [5.74, 6) is 0.768. The molecule has 0 unspecified atom stereocenters. The average molecular weight is 591 g/mol. The molecular weight excluding hydrogens is 572 g/mol. The van der Waals surface area contributed by atoms with E-state index >= 15 is 0 Å². The van der Waals surface area contributed by atoms with Crippen LogP contribution in [0.25, 0.3) is 6.08 Å². The smallest absolute Gasteiger partial charge is 0.273 e. The number of hydrogen-bond acceptors (Lipinski definition) is 5. The Morgan fingerprint density at radius 2 is 1.90 bits per heavy atom. The van der Waals surface area contributed by atoms with Crippen molar-refractivity contribution in [2.75, 3.05) is 21.3 Å². The van der Waals surface area contributed by atoms with E-state index in [-0.39, 0.29) is 18.2 Å². The van der Waals surface area contributed by atoms with Crippen LogP contribution in [0.5, 0.6) is 11.5 Å². The van der Waals surface area contributed by atoms with E-state index in [2.05, 4.69) is 58.3 Å². The zero-order valence-corrected chi connectivity index (χ0v) is 20.7. The summed E-state index contributed by atoms with van der Waals surface area (Å²) < 4.78 is 13.1. The molecule has 0 spiro atoms. The third kappa shape index (κ3) is 6.07. The van der Waals surface area contributed by atoms with Gasteiger partial charge < -0.3 is 19.6 Å². The Labute approximate surface area is 194 Å². The monoisotopic (exact) mass is 588 g/mol. The number of carbonyl (C=O) groups excluding carboxylic acids is 1. The zero-order chi connectivity index (χ0) is 21.4. The number of ether oxygens (including phenoxy) is 2. The Morgan fingerprint density at radius 3 is 2.52 bits per heavy atom. The van der Waals surface area contributed by atoms with Gasteiger partial charge in [0.2, 0.25) is 0 Å². The number of methoxy groups -OCH3 is 1.